The van der Waals surface area contributed by atoms with Crippen molar-refractivity contribution in [1.29, 1.82) is 0 Å². The van der Waals surface area contributed by atoms with Crippen molar-refractivity contribution in [2.75, 3.05) is 0 Å². The van der Waals surface area contributed by atoms with Crippen molar-refractivity contribution in [2.45, 2.75) is 32.9 Å². The van der Waals surface area contributed by atoms with Crippen molar-refractivity contribution < 1.29 is 8.78 Å². The largest absolute Gasteiger partial charge is 0.304 e. The lowest BCUT2D eigenvalue weighted by Crippen LogP contribution is -2.23. The summed E-state index contributed by atoms with van der Waals surface area (Å²) in [5.41, 5.74) is 2.67. The Morgan fingerprint density at radius 2 is 1.70 bits per heavy atom. The molecule has 0 aliphatic rings. The fraction of sp³-hybridized carbons (Fsp3) is 0.294. The lowest BCUT2D eigenvalue weighted by Gasteiger charge is -2.21. The fourth-order valence-corrected chi connectivity index (χ4v) is 2.35. The monoisotopic (exact) mass is 275 g/mol. The normalized spacial score (nSPS) is 14.1. The SMILES string of the molecule is Cc1cccc(C(C)NC(C)c2cc(F)ccc2F)c1. The molecule has 0 aliphatic carbocycles. The molecule has 2 rings (SSSR count). The fourth-order valence-electron chi connectivity index (χ4n) is 2.35. The molecule has 3 heteroatoms. The first-order valence-electron chi connectivity index (χ1n) is 6.75. The van der Waals surface area contributed by atoms with Gasteiger partial charge in [0.1, 0.15) is 11.6 Å². The van der Waals surface area contributed by atoms with E-state index in [1.54, 1.807) is 0 Å². The van der Waals surface area contributed by atoms with Gasteiger partial charge in [-0.2, -0.15) is 0 Å². The van der Waals surface area contributed by atoms with Crippen LogP contribution >= 0.6 is 0 Å². The van der Waals surface area contributed by atoms with Crippen molar-refractivity contribution in [2.24, 2.45) is 0 Å². The molecule has 106 valence electrons. The van der Waals surface area contributed by atoms with Crippen LogP contribution in [0.25, 0.3) is 0 Å². The molecule has 2 aromatic carbocycles. The summed E-state index contributed by atoms with van der Waals surface area (Å²) in [6.45, 7) is 5.89. The molecule has 0 saturated heterocycles. The van der Waals surface area contributed by atoms with Gasteiger partial charge in [-0.25, -0.2) is 8.78 Å². The molecule has 0 aromatic heterocycles. The van der Waals surface area contributed by atoms with Crippen LogP contribution in [0.1, 0.15) is 42.6 Å². The van der Waals surface area contributed by atoms with Gasteiger partial charge < -0.3 is 5.32 Å². The third-order valence-corrected chi connectivity index (χ3v) is 3.47. The Balaban J connectivity index is 2.15. The number of hydrogen-bond donors (Lipinski definition) is 1. The predicted molar refractivity (Wildman–Crippen MR) is 77.5 cm³/mol. The summed E-state index contributed by atoms with van der Waals surface area (Å²) in [6.07, 6.45) is 0. The van der Waals surface area contributed by atoms with Gasteiger partial charge in [-0.15, -0.1) is 0 Å². The van der Waals surface area contributed by atoms with E-state index in [1.165, 1.54) is 17.7 Å². The van der Waals surface area contributed by atoms with Crippen LogP contribution < -0.4 is 5.32 Å². The number of hydrogen-bond acceptors (Lipinski definition) is 1. The van der Waals surface area contributed by atoms with Gasteiger partial charge in [-0.05, 0) is 44.5 Å². The second-order valence-corrected chi connectivity index (χ2v) is 5.19. The summed E-state index contributed by atoms with van der Waals surface area (Å²) in [4.78, 5) is 0. The highest BCUT2D eigenvalue weighted by molar-refractivity contribution is 5.26. The van der Waals surface area contributed by atoms with Gasteiger partial charge in [0.15, 0.2) is 0 Å². The number of nitrogens with one attached hydrogen (secondary N) is 1. The number of halogens is 2. The van der Waals surface area contributed by atoms with Crippen LogP contribution in [0.2, 0.25) is 0 Å². The Kier molecular flexibility index (Phi) is 4.50. The van der Waals surface area contributed by atoms with Crippen LogP contribution in [0.5, 0.6) is 0 Å². The second kappa shape index (κ2) is 6.14. The number of aryl methyl sites for hydroxylation is 1. The Morgan fingerprint density at radius 1 is 0.950 bits per heavy atom. The quantitative estimate of drug-likeness (QED) is 0.854. The zero-order valence-electron chi connectivity index (χ0n) is 12.0. The summed E-state index contributed by atoms with van der Waals surface area (Å²) in [5, 5.41) is 3.30. The molecule has 0 amide bonds. The van der Waals surface area contributed by atoms with Gasteiger partial charge >= 0.3 is 0 Å². The first kappa shape index (κ1) is 14.7. The molecular weight excluding hydrogens is 256 g/mol. The van der Waals surface area contributed by atoms with Gasteiger partial charge in [-0.1, -0.05) is 29.8 Å². The van der Waals surface area contributed by atoms with E-state index in [2.05, 4.69) is 11.4 Å². The molecule has 0 fully saturated rings. The molecule has 1 N–H and O–H groups in total. The zero-order chi connectivity index (χ0) is 14.7. The zero-order valence-corrected chi connectivity index (χ0v) is 12.0. The molecule has 0 spiro atoms. The molecule has 2 unspecified atom stereocenters. The van der Waals surface area contributed by atoms with Gasteiger partial charge in [-0.3, -0.25) is 0 Å². The van der Waals surface area contributed by atoms with E-state index >= 15 is 0 Å². The van der Waals surface area contributed by atoms with E-state index < -0.39 is 5.82 Å². The van der Waals surface area contributed by atoms with Crippen molar-refractivity contribution >= 4 is 0 Å². The predicted octanol–water partition coefficient (Wildman–Crippen LogP) is 4.69. The highest BCUT2D eigenvalue weighted by Gasteiger charge is 2.15. The maximum Gasteiger partial charge on any atom is 0.128 e. The van der Waals surface area contributed by atoms with Crippen molar-refractivity contribution in [1.82, 2.24) is 5.32 Å². The maximum absolute atomic E-state index is 13.7. The Labute approximate surface area is 118 Å². The maximum atomic E-state index is 13.7. The van der Waals surface area contributed by atoms with E-state index in [-0.39, 0.29) is 17.9 Å². The highest BCUT2D eigenvalue weighted by atomic mass is 19.1. The minimum Gasteiger partial charge on any atom is -0.304 e. The average molecular weight is 275 g/mol. The van der Waals surface area contributed by atoms with Crippen molar-refractivity contribution in [3.05, 3.63) is 70.8 Å². The molecule has 2 aromatic rings. The van der Waals surface area contributed by atoms with Crippen LogP contribution in [0.4, 0.5) is 8.78 Å². The third kappa shape index (κ3) is 3.42. The summed E-state index contributed by atoms with van der Waals surface area (Å²) < 4.78 is 27.0. The topological polar surface area (TPSA) is 12.0 Å². The smallest absolute Gasteiger partial charge is 0.128 e. The third-order valence-electron chi connectivity index (χ3n) is 3.47. The molecule has 20 heavy (non-hydrogen) atoms. The minimum atomic E-state index is -0.418. The summed E-state index contributed by atoms with van der Waals surface area (Å²) in [7, 11) is 0. The van der Waals surface area contributed by atoms with Crippen LogP contribution in [-0.4, -0.2) is 0 Å². The van der Waals surface area contributed by atoms with E-state index in [9.17, 15) is 8.78 Å². The van der Waals surface area contributed by atoms with E-state index in [1.807, 2.05) is 39.0 Å². The molecule has 0 radical (unpaired) electrons. The van der Waals surface area contributed by atoms with E-state index in [0.717, 1.165) is 11.6 Å². The molecule has 0 heterocycles. The summed E-state index contributed by atoms with van der Waals surface area (Å²) >= 11 is 0. The highest BCUT2D eigenvalue weighted by Crippen LogP contribution is 2.22. The molecule has 0 bridgehead atoms. The van der Waals surface area contributed by atoms with Gasteiger partial charge in [0.25, 0.3) is 0 Å². The molecular formula is C17H19F2N. The minimum absolute atomic E-state index is 0.0626. The lowest BCUT2D eigenvalue weighted by molar-refractivity contribution is 0.469. The van der Waals surface area contributed by atoms with Gasteiger partial charge in [0, 0.05) is 17.6 Å². The Morgan fingerprint density at radius 3 is 2.40 bits per heavy atom. The van der Waals surface area contributed by atoms with Crippen LogP contribution in [0.15, 0.2) is 42.5 Å². The first-order valence-corrected chi connectivity index (χ1v) is 6.75. The second-order valence-electron chi connectivity index (χ2n) is 5.19. The molecule has 0 aliphatic heterocycles. The number of benzene rings is 2. The van der Waals surface area contributed by atoms with Crippen molar-refractivity contribution in [3.63, 3.8) is 0 Å². The van der Waals surface area contributed by atoms with E-state index in [0.29, 0.717) is 5.56 Å². The van der Waals surface area contributed by atoms with Crippen LogP contribution in [-0.2, 0) is 0 Å². The summed E-state index contributed by atoms with van der Waals surface area (Å²) in [5.74, 6) is -0.805. The Hall–Kier alpha value is -1.74. The van der Waals surface area contributed by atoms with Crippen LogP contribution in [0, 0.1) is 18.6 Å². The Bertz CT molecular complexity index is 595. The first-order chi connectivity index (χ1) is 9.47. The standard InChI is InChI=1S/C17H19F2N/c1-11-5-4-6-14(9-11)12(2)20-13(3)16-10-15(18)7-8-17(16)19/h4-10,12-13,20H,1-3H3. The van der Waals surface area contributed by atoms with Gasteiger partial charge in [0.05, 0.1) is 0 Å². The molecule has 0 saturated carbocycles. The number of rotatable bonds is 4. The van der Waals surface area contributed by atoms with Crippen molar-refractivity contribution in [3.8, 4) is 0 Å². The summed E-state index contributed by atoms with van der Waals surface area (Å²) in [6, 6.07) is 11.5. The van der Waals surface area contributed by atoms with Gasteiger partial charge in [0.2, 0.25) is 0 Å². The van der Waals surface area contributed by atoms with Crippen LogP contribution in [0.3, 0.4) is 0 Å². The molecule has 1 nitrogen and oxygen atoms in total. The lowest BCUT2D eigenvalue weighted by atomic mass is 10.0. The average Bonchev–Trinajstić information content (AvgIpc) is 2.41. The molecule has 2 atom stereocenters. The van der Waals surface area contributed by atoms with E-state index in [4.69, 9.17) is 0 Å².